The Morgan fingerprint density at radius 2 is 1.94 bits per heavy atom. The first-order valence-electron chi connectivity index (χ1n) is 6.08. The van der Waals surface area contributed by atoms with Crippen LogP contribution < -0.4 is 5.32 Å². The van der Waals surface area contributed by atoms with E-state index >= 15 is 0 Å². The number of ketones is 1. The highest BCUT2D eigenvalue weighted by Gasteiger charge is 2.37. The van der Waals surface area contributed by atoms with E-state index in [1.54, 1.807) is 36.0 Å². The molecule has 3 nitrogen and oxygen atoms in total. The number of anilines is 1. The Balaban J connectivity index is 2.05. The molecule has 0 saturated carbocycles. The molecule has 1 heterocycles. The van der Waals surface area contributed by atoms with Crippen LogP contribution in [0, 0.1) is 0 Å². The summed E-state index contributed by atoms with van der Waals surface area (Å²) in [5.74, 6) is 1.14. The van der Waals surface area contributed by atoms with Gasteiger partial charge in [-0.25, -0.2) is 0 Å². The molecule has 18 heavy (non-hydrogen) atoms. The highest BCUT2D eigenvalue weighted by molar-refractivity contribution is 8.01. The molecule has 2 rings (SSSR count). The summed E-state index contributed by atoms with van der Waals surface area (Å²) in [5.41, 5.74) is 1.41. The highest BCUT2D eigenvalue weighted by atomic mass is 32.2. The van der Waals surface area contributed by atoms with Crippen LogP contribution in [0.15, 0.2) is 24.3 Å². The van der Waals surface area contributed by atoms with Gasteiger partial charge >= 0.3 is 0 Å². The van der Waals surface area contributed by atoms with E-state index in [-0.39, 0.29) is 16.4 Å². The van der Waals surface area contributed by atoms with Crippen molar-refractivity contribution in [1.29, 1.82) is 0 Å². The molecule has 4 heteroatoms. The Hall–Kier alpha value is -1.29. The predicted octanol–water partition coefficient (Wildman–Crippen LogP) is 3.11. The second-order valence-corrected chi connectivity index (χ2v) is 6.37. The third kappa shape index (κ3) is 2.75. The van der Waals surface area contributed by atoms with E-state index in [0.717, 1.165) is 24.3 Å². The van der Waals surface area contributed by atoms with E-state index in [1.165, 1.54) is 6.92 Å². The molecule has 0 bridgehead atoms. The summed E-state index contributed by atoms with van der Waals surface area (Å²) in [6, 6.07) is 7.03. The van der Waals surface area contributed by atoms with E-state index in [9.17, 15) is 9.59 Å². The number of hydrogen-bond donors (Lipinski definition) is 1. The van der Waals surface area contributed by atoms with Gasteiger partial charge in [0.1, 0.15) is 0 Å². The second-order valence-electron chi connectivity index (χ2n) is 4.77. The molecule has 1 aliphatic heterocycles. The average molecular weight is 263 g/mol. The minimum absolute atomic E-state index is 0.0335. The van der Waals surface area contributed by atoms with Crippen LogP contribution in [0.5, 0.6) is 0 Å². The molecule has 1 N–H and O–H groups in total. The van der Waals surface area contributed by atoms with E-state index in [4.69, 9.17) is 0 Å². The van der Waals surface area contributed by atoms with Crippen molar-refractivity contribution < 1.29 is 9.59 Å². The summed E-state index contributed by atoms with van der Waals surface area (Å²) in [6.45, 7) is 3.52. The van der Waals surface area contributed by atoms with Gasteiger partial charge in [0.15, 0.2) is 5.78 Å². The van der Waals surface area contributed by atoms with Gasteiger partial charge in [-0.3, -0.25) is 9.59 Å². The fraction of sp³-hybridized carbons (Fsp3) is 0.429. The van der Waals surface area contributed by atoms with Gasteiger partial charge < -0.3 is 5.32 Å². The van der Waals surface area contributed by atoms with Crippen LogP contribution in [0.25, 0.3) is 0 Å². The van der Waals surface area contributed by atoms with Gasteiger partial charge in [-0.2, -0.15) is 0 Å². The second kappa shape index (κ2) is 5.14. The molecule has 96 valence electrons. The highest BCUT2D eigenvalue weighted by Crippen LogP contribution is 2.38. The quantitative estimate of drug-likeness (QED) is 0.852. The van der Waals surface area contributed by atoms with Gasteiger partial charge in [-0.1, -0.05) is 0 Å². The maximum atomic E-state index is 12.2. The molecule has 1 saturated heterocycles. The van der Waals surface area contributed by atoms with Gasteiger partial charge in [0.2, 0.25) is 5.91 Å². The van der Waals surface area contributed by atoms with Gasteiger partial charge in [-0.05, 0) is 56.7 Å². The zero-order chi connectivity index (χ0) is 13.2. The van der Waals surface area contributed by atoms with Crippen molar-refractivity contribution in [2.45, 2.75) is 31.4 Å². The number of carbonyl (C=O) groups is 2. The predicted molar refractivity (Wildman–Crippen MR) is 75.2 cm³/mol. The zero-order valence-corrected chi connectivity index (χ0v) is 11.5. The average Bonchev–Trinajstić information content (AvgIpc) is 2.78. The van der Waals surface area contributed by atoms with Crippen molar-refractivity contribution in [3.05, 3.63) is 29.8 Å². The number of benzene rings is 1. The number of hydrogen-bond acceptors (Lipinski definition) is 3. The SMILES string of the molecule is CC(=O)c1ccc(NC(=O)C2(C)CCCS2)cc1. The Kier molecular flexibility index (Phi) is 3.76. The molecule has 0 aliphatic carbocycles. The lowest BCUT2D eigenvalue weighted by Gasteiger charge is -2.21. The van der Waals surface area contributed by atoms with E-state index in [2.05, 4.69) is 5.32 Å². The summed E-state index contributed by atoms with van der Waals surface area (Å²) < 4.78 is -0.306. The topological polar surface area (TPSA) is 46.2 Å². The fourth-order valence-corrected chi connectivity index (χ4v) is 3.22. The van der Waals surface area contributed by atoms with Crippen molar-refractivity contribution in [2.24, 2.45) is 0 Å². The molecule has 1 aliphatic rings. The van der Waals surface area contributed by atoms with Gasteiger partial charge in [0, 0.05) is 11.3 Å². The minimum atomic E-state index is -0.306. The first kappa shape index (κ1) is 13.1. The monoisotopic (exact) mass is 263 g/mol. The Bertz CT molecular complexity index is 461. The third-order valence-corrected chi connectivity index (χ3v) is 4.77. The molecular weight excluding hydrogens is 246 g/mol. The Labute approximate surface area is 111 Å². The summed E-state index contributed by atoms with van der Waals surface area (Å²) in [7, 11) is 0. The molecule has 0 spiro atoms. The third-order valence-electron chi connectivity index (χ3n) is 3.25. The summed E-state index contributed by atoms with van der Waals surface area (Å²) in [5, 5.41) is 2.92. The van der Waals surface area contributed by atoms with Crippen molar-refractivity contribution in [1.82, 2.24) is 0 Å². The molecule has 1 atom stereocenters. The first-order valence-corrected chi connectivity index (χ1v) is 7.06. The number of nitrogens with one attached hydrogen (secondary N) is 1. The maximum Gasteiger partial charge on any atom is 0.240 e. The van der Waals surface area contributed by atoms with Gasteiger partial charge in [-0.15, -0.1) is 11.8 Å². The van der Waals surface area contributed by atoms with Crippen LogP contribution in [0.1, 0.15) is 37.0 Å². The van der Waals surface area contributed by atoms with Gasteiger partial charge in [0.25, 0.3) is 0 Å². The first-order chi connectivity index (χ1) is 8.51. The smallest absolute Gasteiger partial charge is 0.240 e. The molecule has 1 aromatic carbocycles. The minimum Gasteiger partial charge on any atom is -0.325 e. The van der Waals surface area contributed by atoms with Crippen molar-refractivity contribution >= 4 is 29.1 Å². The van der Waals surface area contributed by atoms with Crippen molar-refractivity contribution in [3.8, 4) is 0 Å². The van der Waals surface area contributed by atoms with Crippen LogP contribution in [0.2, 0.25) is 0 Å². The van der Waals surface area contributed by atoms with Crippen LogP contribution in [-0.4, -0.2) is 22.2 Å². The summed E-state index contributed by atoms with van der Waals surface area (Å²) >= 11 is 1.71. The number of thioether (sulfide) groups is 1. The van der Waals surface area contributed by atoms with Gasteiger partial charge in [0.05, 0.1) is 4.75 Å². The zero-order valence-electron chi connectivity index (χ0n) is 10.7. The molecule has 1 unspecified atom stereocenters. The lowest BCUT2D eigenvalue weighted by Crippen LogP contribution is -2.34. The molecule has 0 radical (unpaired) electrons. The van der Waals surface area contributed by atoms with Crippen molar-refractivity contribution in [3.63, 3.8) is 0 Å². The number of carbonyl (C=O) groups excluding carboxylic acids is 2. The maximum absolute atomic E-state index is 12.2. The summed E-state index contributed by atoms with van der Waals surface area (Å²) in [6.07, 6.45) is 2.02. The molecule has 0 aromatic heterocycles. The van der Waals surface area contributed by atoms with Crippen LogP contribution in [0.4, 0.5) is 5.69 Å². The number of amides is 1. The number of rotatable bonds is 3. The normalized spacial score (nSPS) is 22.8. The van der Waals surface area contributed by atoms with Crippen LogP contribution in [-0.2, 0) is 4.79 Å². The largest absolute Gasteiger partial charge is 0.325 e. The Morgan fingerprint density at radius 3 is 2.44 bits per heavy atom. The molecular formula is C14H17NO2S. The lowest BCUT2D eigenvalue weighted by atomic mass is 10.0. The van der Waals surface area contributed by atoms with E-state index in [1.807, 2.05) is 6.92 Å². The standard InChI is InChI=1S/C14H17NO2S/c1-10(16)11-4-6-12(7-5-11)15-13(17)14(2)8-3-9-18-14/h4-7H,3,8-9H2,1-2H3,(H,15,17). The van der Waals surface area contributed by atoms with E-state index in [0.29, 0.717) is 5.56 Å². The van der Waals surface area contributed by atoms with E-state index < -0.39 is 0 Å². The number of Topliss-reactive ketones (excluding diaryl/α,β-unsaturated/α-hetero) is 1. The Morgan fingerprint density at radius 1 is 1.28 bits per heavy atom. The molecule has 1 amide bonds. The summed E-state index contributed by atoms with van der Waals surface area (Å²) in [4.78, 5) is 23.3. The molecule has 1 aromatic rings. The van der Waals surface area contributed by atoms with Crippen LogP contribution in [0.3, 0.4) is 0 Å². The lowest BCUT2D eigenvalue weighted by molar-refractivity contribution is -0.118. The molecule has 1 fully saturated rings. The van der Waals surface area contributed by atoms with Crippen molar-refractivity contribution in [2.75, 3.05) is 11.1 Å². The van der Waals surface area contributed by atoms with Crippen LogP contribution >= 0.6 is 11.8 Å². The fourth-order valence-electron chi connectivity index (χ4n) is 2.01.